The molecular formula is C27H24N2O3. The summed E-state index contributed by atoms with van der Waals surface area (Å²) in [6.07, 6.45) is 0. The number of para-hydroxylation sites is 2. The van der Waals surface area contributed by atoms with Gasteiger partial charge < -0.3 is 18.8 Å². The van der Waals surface area contributed by atoms with Crippen LogP contribution in [0.4, 0.5) is 0 Å². The number of benzene rings is 4. The Morgan fingerprint density at radius 1 is 0.750 bits per heavy atom. The minimum Gasteiger partial charge on any atom is -0.497 e. The zero-order chi connectivity index (χ0) is 21.8. The number of rotatable bonds is 8. The Morgan fingerprint density at radius 3 is 2.38 bits per heavy atom. The summed E-state index contributed by atoms with van der Waals surface area (Å²) in [6, 6.07) is 30.1. The Balaban J connectivity index is 1.35. The van der Waals surface area contributed by atoms with E-state index in [-0.39, 0.29) is 0 Å². The van der Waals surface area contributed by atoms with E-state index >= 15 is 0 Å². The molecule has 0 saturated heterocycles. The molecule has 0 N–H and O–H groups in total. The lowest BCUT2D eigenvalue weighted by molar-refractivity contribution is 0.274. The fourth-order valence-corrected chi connectivity index (χ4v) is 3.88. The van der Waals surface area contributed by atoms with E-state index in [1.807, 2.05) is 66.7 Å². The van der Waals surface area contributed by atoms with Gasteiger partial charge in [-0.05, 0) is 47.9 Å². The lowest BCUT2D eigenvalue weighted by Crippen LogP contribution is -2.13. The van der Waals surface area contributed by atoms with Crippen LogP contribution >= 0.6 is 0 Å². The van der Waals surface area contributed by atoms with Crippen molar-refractivity contribution >= 4 is 21.8 Å². The van der Waals surface area contributed by atoms with Crippen LogP contribution in [0.1, 0.15) is 5.82 Å². The lowest BCUT2D eigenvalue weighted by atomic mass is 10.1. The molecule has 1 aromatic heterocycles. The molecule has 5 nitrogen and oxygen atoms in total. The fraction of sp³-hybridized carbons (Fsp3) is 0.148. The van der Waals surface area contributed by atoms with Crippen molar-refractivity contribution in [2.75, 3.05) is 13.7 Å². The molecule has 160 valence electrons. The summed E-state index contributed by atoms with van der Waals surface area (Å²) >= 11 is 0. The first-order chi connectivity index (χ1) is 15.8. The molecular weight excluding hydrogens is 400 g/mol. The molecule has 5 aromatic rings. The van der Waals surface area contributed by atoms with Crippen LogP contribution in [0.3, 0.4) is 0 Å². The Labute approximate surface area is 186 Å². The first-order valence-corrected chi connectivity index (χ1v) is 10.6. The van der Waals surface area contributed by atoms with Gasteiger partial charge in [-0.25, -0.2) is 4.98 Å². The summed E-state index contributed by atoms with van der Waals surface area (Å²) in [7, 11) is 1.65. The van der Waals surface area contributed by atoms with Crippen molar-refractivity contribution in [2.24, 2.45) is 0 Å². The van der Waals surface area contributed by atoms with Gasteiger partial charge in [0.15, 0.2) is 0 Å². The lowest BCUT2D eigenvalue weighted by Gasteiger charge is -2.13. The SMILES string of the molecule is COc1ccc(OCCn2c(COc3cccc4ccccc34)nc3ccccc32)cc1. The second kappa shape index (κ2) is 9.02. The number of imidazole rings is 1. The van der Waals surface area contributed by atoms with Crippen LogP contribution in [0.25, 0.3) is 21.8 Å². The van der Waals surface area contributed by atoms with Gasteiger partial charge in [-0.2, -0.15) is 0 Å². The highest BCUT2D eigenvalue weighted by Gasteiger charge is 2.12. The van der Waals surface area contributed by atoms with Gasteiger partial charge >= 0.3 is 0 Å². The molecule has 0 aliphatic heterocycles. The van der Waals surface area contributed by atoms with Crippen molar-refractivity contribution in [3.8, 4) is 17.2 Å². The Morgan fingerprint density at radius 2 is 1.50 bits per heavy atom. The van der Waals surface area contributed by atoms with E-state index in [2.05, 4.69) is 28.8 Å². The van der Waals surface area contributed by atoms with Gasteiger partial charge in [0.25, 0.3) is 0 Å². The smallest absolute Gasteiger partial charge is 0.148 e. The van der Waals surface area contributed by atoms with Crippen molar-refractivity contribution in [1.82, 2.24) is 9.55 Å². The normalized spacial score (nSPS) is 11.0. The number of hydrogen-bond acceptors (Lipinski definition) is 4. The van der Waals surface area contributed by atoms with Gasteiger partial charge in [0.2, 0.25) is 0 Å². The molecule has 0 unspecified atom stereocenters. The van der Waals surface area contributed by atoms with E-state index in [1.54, 1.807) is 7.11 Å². The topological polar surface area (TPSA) is 45.5 Å². The van der Waals surface area contributed by atoms with Crippen molar-refractivity contribution in [2.45, 2.75) is 13.2 Å². The summed E-state index contributed by atoms with van der Waals surface area (Å²) in [5, 5.41) is 2.26. The van der Waals surface area contributed by atoms with Gasteiger partial charge in [-0.15, -0.1) is 0 Å². The molecule has 0 amide bonds. The molecule has 0 fully saturated rings. The monoisotopic (exact) mass is 424 g/mol. The first-order valence-electron chi connectivity index (χ1n) is 10.6. The average Bonchev–Trinajstić information content (AvgIpc) is 3.20. The van der Waals surface area contributed by atoms with Crippen LogP contribution in [0.15, 0.2) is 91.0 Å². The maximum atomic E-state index is 6.23. The Hall–Kier alpha value is -3.99. The highest BCUT2D eigenvalue weighted by Crippen LogP contribution is 2.26. The van der Waals surface area contributed by atoms with Crippen molar-refractivity contribution in [3.05, 3.63) is 96.8 Å². The molecule has 32 heavy (non-hydrogen) atoms. The number of hydrogen-bond donors (Lipinski definition) is 0. The van der Waals surface area contributed by atoms with E-state index in [4.69, 9.17) is 19.2 Å². The maximum Gasteiger partial charge on any atom is 0.148 e. The van der Waals surface area contributed by atoms with Crippen molar-refractivity contribution < 1.29 is 14.2 Å². The largest absolute Gasteiger partial charge is 0.497 e. The summed E-state index contributed by atoms with van der Waals surface area (Å²) in [4.78, 5) is 4.82. The van der Waals surface area contributed by atoms with E-state index in [0.29, 0.717) is 19.8 Å². The van der Waals surface area contributed by atoms with Crippen LogP contribution in [-0.2, 0) is 13.2 Å². The van der Waals surface area contributed by atoms with Crippen molar-refractivity contribution in [3.63, 3.8) is 0 Å². The van der Waals surface area contributed by atoms with Crippen LogP contribution < -0.4 is 14.2 Å². The van der Waals surface area contributed by atoms with Crippen LogP contribution in [0.5, 0.6) is 17.2 Å². The predicted molar refractivity (Wildman–Crippen MR) is 127 cm³/mol. The van der Waals surface area contributed by atoms with Gasteiger partial charge in [-0.1, -0.05) is 48.5 Å². The fourth-order valence-electron chi connectivity index (χ4n) is 3.88. The van der Waals surface area contributed by atoms with E-state index in [0.717, 1.165) is 44.9 Å². The van der Waals surface area contributed by atoms with Crippen molar-refractivity contribution in [1.29, 1.82) is 0 Å². The Kier molecular flexibility index (Phi) is 5.62. The molecule has 0 bridgehead atoms. The van der Waals surface area contributed by atoms with Gasteiger partial charge in [-0.3, -0.25) is 0 Å². The number of ether oxygens (including phenoxy) is 3. The summed E-state index contributed by atoms with van der Waals surface area (Å²) in [5.74, 6) is 3.35. The highest BCUT2D eigenvalue weighted by atomic mass is 16.5. The number of nitrogens with zero attached hydrogens (tertiary/aromatic N) is 2. The van der Waals surface area contributed by atoms with Gasteiger partial charge in [0.1, 0.15) is 36.3 Å². The molecule has 5 rings (SSSR count). The van der Waals surface area contributed by atoms with E-state index < -0.39 is 0 Å². The van der Waals surface area contributed by atoms with Crippen LogP contribution in [0, 0.1) is 0 Å². The summed E-state index contributed by atoms with van der Waals surface area (Å²) in [5.41, 5.74) is 2.02. The second-order valence-corrected chi connectivity index (χ2v) is 7.46. The predicted octanol–water partition coefficient (Wildman–Crippen LogP) is 5.86. The molecule has 0 radical (unpaired) electrons. The average molecular weight is 425 g/mol. The zero-order valence-corrected chi connectivity index (χ0v) is 17.9. The molecule has 0 atom stereocenters. The highest BCUT2D eigenvalue weighted by molar-refractivity contribution is 5.88. The van der Waals surface area contributed by atoms with Gasteiger partial charge in [0, 0.05) is 5.39 Å². The molecule has 4 aromatic carbocycles. The summed E-state index contributed by atoms with van der Waals surface area (Å²) in [6.45, 7) is 1.57. The van der Waals surface area contributed by atoms with E-state index in [1.165, 1.54) is 0 Å². The molecule has 0 spiro atoms. The number of fused-ring (bicyclic) bond motifs is 2. The Bertz CT molecular complexity index is 1340. The minimum absolute atomic E-state index is 0.380. The van der Waals surface area contributed by atoms with E-state index in [9.17, 15) is 0 Å². The number of aromatic nitrogens is 2. The maximum absolute atomic E-state index is 6.23. The van der Waals surface area contributed by atoms with Crippen LogP contribution in [-0.4, -0.2) is 23.3 Å². The molecule has 0 saturated carbocycles. The third-order valence-electron chi connectivity index (χ3n) is 5.48. The first kappa shape index (κ1) is 19.9. The third kappa shape index (κ3) is 4.10. The molecule has 5 heteroatoms. The molecule has 1 heterocycles. The molecule has 0 aliphatic carbocycles. The van der Waals surface area contributed by atoms with Crippen LogP contribution in [0.2, 0.25) is 0 Å². The third-order valence-corrected chi connectivity index (χ3v) is 5.48. The number of methoxy groups -OCH3 is 1. The summed E-state index contributed by atoms with van der Waals surface area (Å²) < 4.78 is 19.6. The minimum atomic E-state index is 0.380. The second-order valence-electron chi connectivity index (χ2n) is 7.46. The molecule has 0 aliphatic rings. The standard InChI is InChI=1S/C27H24N2O3/c1-30-21-13-15-22(16-14-21)31-18-17-29-25-11-5-4-10-24(25)28-27(29)19-32-26-12-6-8-20-7-2-3-9-23(20)26/h2-16H,17-19H2,1H3. The zero-order valence-electron chi connectivity index (χ0n) is 17.9. The van der Waals surface area contributed by atoms with Gasteiger partial charge in [0.05, 0.1) is 24.7 Å². The quantitative estimate of drug-likeness (QED) is 0.313.